The number of hydrogen-bond acceptors (Lipinski definition) is 4. The van der Waals surface area contributed by atoms with Crippen LogP contribution in [0.4, 0.5) is 0 Å². The van der Waals surface area contributed by atoms with E-state index < -0.39 is 15.4 Å². The van der Waals surface area contributed by atoms with Gasteiger partial charge in [0.15, 0.2) is 0 Å². The predicted molar refractivity (Wildman–Crippen MR) is 71.9 cm³/mol. The van der Waals surface area contributed by atoms with E-state index in [1.807, 2.05) is 0 Å². The van der Waals surface area contributed by atoms with Crippen molar-refractivity contribution in [3.8, 4) is 0 Å². The second kappa shape index (κ2) is 7.34. The molecule has 0 saturated carbocycles. The Hall–Kier alpha value is -0.130. The summed E-state index contributed by atoms with van der Waals surface area (Å²) in [5, 5.41) is 13.3. The molecular weight excluding hydrogens is 238 g/mol. The summed E-state index contributed by atoms with van der Waals surface area (Å²) in [6, 6.07) is 0.409. The van der Waals surface area contributed by atoms with Crippen molar-refractivity contribution >= 4 is 9.84 Å². The van der Waals surface area contributed by atoms with Gasteiger partial charge in [-0.2, -0.15) is 0 Å². The molecular formula is C12H27NO3S. The van der Waals surface area contributed by atoms with Gasteiger partial charge in [0.2, 0.25) is 0 Å². The van der Waals surface area contributed by atoms with E-state index in [1.165, 1.54) is 0 Å². The highest BCUT2D eigenvalue weighted by atomic mass is 32.2. The summed E-state index contributed by atoms with van der Waals surface area (Å²) in [4.78, 5) is 0. The number of aliphatic hydroxyl groups is 1. The van der Waals surface area contributed by atoms with E-state index >= 15 is 0 Å². The summed E-state index contributed by atoms with van der Waals surface area (Å²) in [6.07, 6.45) is 1.72. The summed E-state index contributed by atoms with van der Waals surface area (Å²) in [5.74, 6) is 0.362. The Labute approximate surface area is 106 Å². The smallest absolute Gasteiger partial charge is 0.150 e. The molecule has 0 aromatic carbocycles. The second-order valence-corrected chi connectivity index (χ2v) is 7.67. The Balaban J connectivity index is 3.85. The highest BCUT2D eigenvalue weighted by molar-refractivity contribution is 7.91. The minimum Gasteiger partial charge on any atom is -0.390 e. The van der Waals surface area contributed by atoms with Crippen LogP contribution in [0.3, 0.4) is 0 Å². The molecule has 5 heteroatoms. The van der Waals surface area contributed by atoms with Crippen LogP contribution in [0.2, 0.25) is 0 Å². The maximum Gasteiger partial charge on any atom is 0.150 e. The second-order valence-electron chi connectivity index (χ2n) is 5.20. The maximum absolute atomic E-state index is 11.3. The Morgan fingerprint density at radius 1 is 1.29 bits per heavy atom. The molecule has 0 fully saturated rings. The number of nitrogens with one attached hydrogen (secondary N) is 1. The molecule has 0 aliphatic heterocycles. The molecule has 1 unspecified atom stereocenters. The van der Waals surface area contributed by atoms with Crippen molar-refractivity contribution in [1.82, 2.24) is 5.32 Å². The molecule has 2 N–H and O–H groups in total. The molecule has 0 amide bonds. The van der Waals surface area contributed by atoms with Crippen LogP contribution in [0.1, 0.15) is 47.0 Å². The van der Waals surface area contributed by atoms with Crippen molar-refractivity contribution in [2.24, 2.45) is 0 Å². The molecule has 0 aliphatic rings. The Morgan fingerprint density at radius 2 is 1.88 bits per heavy atom. The lowest BCUT2D eigenvalue weighted by molar-refractivity contribution is 0.0413. The van der Waals surface area contributed by atoms with Crippen LogP contribution in [-0.2, 0) is 9.84 Å². The third kappa shape index (κ3) is 9.56. The van der Waals surface area contributed by atoms with Crippen molar-refractivity contribution in [2.75, 3.05) is 18.1 Å². The molecule has 17 heavy (non-hydrogen) atoms. The van der Waals surface area contributed by atoms with E-state index in [-0.39, 0.29) is 11.5 Å². The Morgan fingerprint density at radius 3 is 2.35 bits per heavy atom. The molecule has 0 radical (unpaired) electrons. The lowest BCUT2D eigenvalue weighted by atomic mass is 9.96. The van der Waals surface area contributed by atoms with Gasteiger partial charge in [-0.1, -0.05) is 20.8 Å². The third-order valence-electron chi connectivity index (χ3n) is 2.83. The van der Waals surface area contributed by atoms with Crippen LogP contribution in [0.25, 0.3) is 0 Å². The van der Waals surface area contributed by atoms with Gasteiger partial charge in [-0.15, -0.1) is 0 Å². The van der Waals surface area contributed by atoms with Crippen LogP contribution < -0.4 is 5.32 Å². The molecule has 0 aromatic heterocycles. The largest absolute Gasteiger partial charge is 0.390 e. The van der Waals surface area contributed by atoms with Gasteiger partial charge in [0, 0.05) is 11.8 Å². The number of rotatable bonds is 9. The Kier molecular flexibility index (Phi) is 7.28. The van der Waals surface area contributed by atoms with E-state index in [1.54, 1.807) is 13.8 Å². The van der Waals surface area contributed by atoms with E-state index in [9.17, 15) is 13.5 Å². The fourth-order valence-electron chi connectivity index (χ4n) is 1.57. The van der Waals surface area contributed by atoms with Crippen LogP contribution in [0.15, 0.2) is 0 Å². The average molecular weight is 265 g/mol. The van der Waals surface area contributed by atoms with Crippen LogP contribution >= 0.6 is 0 Å². The lowest BCUT2D eigenvalue weighted by Gasteiger charge is -2.24. The topological polar surface area (TPSA) is 66.4 Å². The average Bonchev–Trinajstić information content (AvgIpc) is 2.16. The van der Waals surface area contributed by atoms with Crippen LogP contribution in [0, 0.1) is 0 Å². The van der Waals surface area contributed by atoms with Gasteiger partial charge in [0.05, 0.1) is 11.4 Å². The van der Waals surface area contributed by atoms with E-state index in [0.717, 1.165) is 6.54 Å². The van der Waals surface area contributed by atoms with Gasteiger partial charge in [-0.05, 0) is 32.7 Å². The summed E-state index contributed by atoms with van der Waals surface area (Å²) in [7, 11) is -2.90. The van der Waals surface area contributed by atoms with Gasteiger partial charge < -0.3 is 10.4 Å². The zero-order chi connectivity index (χ0) is 13.5. The van der Waals surface area contributed by atoms with Crippen molar-refractivity contribution in [2.45, 2.75) is 58.6 Å². The van der Waals surface area contributed by atoms with Gasteiger partial charge in [-0.25, -0.2) is 8.42 Å². The Bertz CT molecular complexity index is 297. The van der Waals surface area contributed by atoms with Gasteiger partial charge >= 0.3 is 0 Å². The van der Waals surface area contributed by atoms with Gasteiger partial charge in [0.1, 0.15) is 9.84 Å². The fraction of sp³-hybridized carbons (Fsp3) is 1.00. The SMILES string of the molecule is CCS(=O)(=O)CCCC(C)(O)CCNC(C)C. The summed E-state index contributed by atoms with van der Waals surface area (Å²) in [5.41, 5.74) is -0.773. The minimum absolute atomic E-state index is 0.178. The molecule has 0 heterocycles. The predicted octanol–water partition coefficient (Wildman–Crippen LogP) is 1.34. The highest BCUT2D eigenvalue weighted by Crippen LogP contribution is 2.16. The highest BCUT2D eigenvalue weighted by Gasteiger charge is 2.20. The van der Waals surface area contributed by atoms with Crippen molar-refractivity contribution in [3.05, 3.63) is 0 Å². The molecule has 1 atom stereocenters. The van der Waals surface area contributed by atoms with E-state index in [2.05, 4.69) is 19.2 Å². The first-order chi connectivity index (χ1) is 7.68. The normalized spacial score (nSPS) is 16.1. The number of sulfone groups is 1. The molecule has 0 bridgehead atoms. The molecule has 0 aromatic rings. The van der Waals surface area contributed by atoms with E-state index in [4.69, 9.17) is 0 Å². The monoisotopic (exact) mass is 265 g/mol. The zero-order valence-corrected chi connectivity index (χ0v) is 12.3. The van der Waals surface area contributed by atoms with Crippen molar-refractivity contribution in [3.63, 3.8) is 0 Å². The van der Waals surface area contributed by atoms with Crippen LogP contribution in [0.5, 0.6) is 0 Å². The third-order valence-corrected chi connectivity index (χ3v) is 4.62. The zero-order valence-electron chi connectivity index (χ0n) is 11.5. The summed E-state index contributed by atoms with van der Waals surface area (Å²) in [6.45, 7) is 8.30. The molecule has 0 saturated heterocycles. The van der Waals surface area contributed by atoms with Crippen molar-refractivity contribution in [1.29, 1.82) is 0 Å². The fourth-order valence-corrected chi connectivity index (χ4v) is 2.45. The standard InChI is InChI=1S/C12H27NO3S/c1-5-17(15,16)10-6-7-12(4,14)8-9-13-11(2)3/h11,13-14H,5-10H2,1-4H3. The van der Waals surface area contributed by atoms with Gasteiger partial charge in [-0.3, -0.25) is 0 Å². The first-order valence-corrected chi connectivity index (χ1v) is 8.17. The lowest BCUT2D eigenvalue weighted by Crippen LogP contribution is -2.33. The first-order valence-electron chi connectivity index (χ1n) is 6.35. The molecule has 0 aliphatic carbocycles. The van der Waals surface area contributed by atoms with Crippen molar-refractivity contribution < 1.29 is 13.5 Å². The van der Waals surface area contributed by atoms with Gasteiger partial charge in [0.25, 0.3) is 0 Å². The number of hydrogen-bond donors (Lipinski definition) is 2. The van der Waals surface area contributed by atoms with E-state index in [0.29, 0.717) is 25.3 Å². The molecule has 0 rings (SSSR count). The summed E-state index contributed by atoms with van der Waals surface area (Å²) < 4.78 is 22.6. The quantitative estimate of drug-likeness (QED) is 0.660. The molecule has 4 nitrogen and oxygen atoms in total. The minimum atomic E-state index is -2.90. The molecule has 0 spiro atoms. The maximum atomic E-state index is 11.3. The molecule has 104 valence electrons. The van der Waals surface area contributed by atoms with Crippen LogP contribution in [-0.4, -0.2) is 43.2 Å². The first kappa shape index (κ1) is 16.9. The summed E-state index contributed by atoms with van der Waals surface area (Å²) >= 11 is 0.